The van der Waals surface area contributed by atoms with Gasteiger partial charge in [0.15, 0.2) is 0 Å². The molecule has 0 aromatic rings. The van der Waals surface area contributed by atoms with Gasteiger partial charge in [-0.15, -0.1) is 0 Å². The molecule has 0 N–H and O–H groups in total. The molecule has 0 bridgehead atoms. The first-order valence-corrected chi connectivity index (χ1v) is 5.29. The van der Waals surface area contributed by atoms with Crippen molar-refractivity contribution in [3.05, 3.63) is 0 Å². The highest BCUT2D eigenvalue weighted by molar-refractivity contribution is 5.73. The number of amides is 1. The molecular formula is C10H16F3NO2. The van der Waals surface area contributed by atoms with Crippen molar-refractivity contribution >= 4 is 5.91 Å². The first-order chi connectivity index (χ1) is 7.38. The SMILES string of the molecule is CCCN(C(C)=O)C(C1COC1)C(F)(F)F. The van der Waals surface area contributed by atoms with E-state index in [0.29, 0.717) is 6.42 Å². The molecule has 0 radical (unpaired) electrons. The summed E-state index contributed by atoms with van der Waals surface area (Å²) in [6.07, 6.45) is -3.87. The molecule has 0 aromatic heterocycles. The van der Waals surface area contributed by atoms with E-state index in [4.69, 9.17) is 4.74 Å². The molecule has 1 unspecified atom stereocenters. The molecule has 1 saturated heterocycles. The lowest BCUT2D eigenvalue weighted by Gasteiger charge is -2.41. The molecule has 1 heterocycles. The van der Waals surface area contributed by atoms with Crippen LogP contribution in [0.15, 0.2) is 0 Å². The molecule has 1 aliphatic heterocycles. The van der Waals surface area contributed by atoms with Gasteiger partial charge < -0.3 is 9.64 Å². The normalized spacial score (nSPS) is 19.1. The van der Waals surface area contributed by atoms with Gasteiger partial charge in [0.2, 0.25) is 5.91 Å². The number of hydrogen-bond acceptors (Lipinski definition) is 2. The Morgan fingerprint density at radius 2 is 2.06 bits per heavy atom. The van der Waals surface area contributed by atoms with Crippen LogP contribution in [0.2, 0.25) is 0 Å². The zero-order chi connectivity index (χ0) is 12.3. The predicted molar refractivity (Wildman–Crippen MR) is 51.8 cm³/mol. The molecule has 0 aliphatic carbocycles. The lowest BCUT2D eigenvalue weighted by Crippen LogP contribution is -2.57. The summed E-state index contributed by atoms with van der Waals surface area (Å²) in [5, 5.41) is 0. The predicted octanol–water partition coefficient (Wildman–Crippen LogP) is 1.82. The molecule has 94 valence electrons. The van der Waals surface area contributed by atoms with Crippen molar-refractivity contribution in [3.8, 4) is 0 Å². The van der Waals surface area contributed by atoms with E-state index in [0.717, 1.165) is 4.90 Å². The summed E-state index contributed by atoms with van der Waals surface area (Å²) in [5.41, 5.74) is 0. The highest BCUT2D eigenvalue weighted by Crippen LogP contribution is 2.34. The molecule has 6 heteroatoms. The number of hydrogen-bond donors (Lipinski definition) is 0. The zero-order valence-electron chi connectivity index (χ0n) is 9.38. The minimum atomic E-state index is -4.38. The number of halogens is 3. The summed E-state index contributed by atoms with van der Waals surface area (Å²) in [6.45, 7) is 3.22. The maximum absolute atomic E-state index is 12.9. The molecule has 1 rings (SSSR count). The van der Waals surface area contributed by atoms with Crippen LogP contribution in [0.5, 0.6) is 0 Å². The highest BCUT2D eigenvalue weighted by Gasteiger charge is 2.51. The van der Waals surface area contributed by atoms with Gasteiger partial charge in [-0.2, -0.15) is 13.2 Å². The summed E-state index contributed by atoms with van der Waals surface area (Å²) in [5.74, 6) is -1.15. The number of alkyl halides is 3. The van der Waals surface area contributed by atoms with Crippen molar-refractivity contribution in [3.63, 3.8) is 0 Å². The summed E-state index contributed by atoms with van der Waals surface area (Å²) < 4.78 is 43.4. The van der Waals surface area contributed by atoms with Gasteiger partial charge in [0, 0.05) is 19.4 Å². The minimum absolute atomic E-state index is 0.0810. The fourth-order valence-corrected chi connectivity index (χ4v) is 1.87. The lowest BCUT2D eigenvalue weighted by atomic mass is 9.95. The van der Waals surface area contributed by atoms with Gasteiger partial charge in [-0.05, 0) is 6.42 Å². The molecule has 0 spiro atoms. The third-order valence-corrected chi connectivity index (χ3v) is 2.65. The van der Waals surface area contributed by atoms with Crippen LogP contribution in [0.4, 0.5) is 13.2 Å². The van der Waals surface area contributed by atoms with Crippen LogP contribution in [0, 0.1) is 5.92 Å². The van der Waals surface area contributed by atoms with Gasteiger partial charge in [0.1, 0.15) is 6.04 Å². The first-order valence-electron chi connectivity index (χ1n) is 5.29. The molecule has 3 nitrogen and oxygen atoms in total. The van der Waals surface area contributed by atoms with Crippen LogP contribution in [-0.2, 0) is 9.53 Å². The van der Waals surface area contributed by atoms with Gasteiger partial charge in [0.25, 0.3) is 0 Å². The van der Waals surface area contributed by atoms with Crippen molar-refractivity contribution in [1.29, 1.82) is 0 Å². The lowest BCUT2D eigenvalue weighted by molar-refractivity contribution is -0.225. The largest absolute Gasteiger partial charge is 0.409 e. The fourth-order valence-electron chi connectivity index (χ4n) is 1.87. The number of nitrogens with zero attached hydrogens (tertiary/aromatic N) is 1. The molecule has 16 heavy (non-hydrogen) atoms. The summed E-state index contributed by atoms with van der Waals surface area (Å²) in [7, 11) is 0. The second-order valence-electron chi connectivity index (χ2n) is 4.00. The third kappa shape index (κ3) is 2.87. The molecule has 0 aromatic carbocycles. The average molecular weight is 239 g/mol. The van der Waals surface area contributed by atoms with E-state index in [9.17, 15) is 18.0 Å². The molecule has 1 amide bonds. The Kier molecular flexibility index (Phi) is 4.18. The fraction of sp³-hybridized carbons (Fsp3) is 0.900. The van der Waals surface area contributed by atoms with Crippen molar-refractivity contribution in [2.24, 2.45) is 5.92 Å². The Morgan fingerprint density at radius 3 is 2.31 bits per heavy atom. The quantitative estimate of drug-likeness (QED) is 0.749. The number of ether oxygens (including phenoxy) is 1. The average Bonchev–Trinajstić information content (AvgIpc) is 2.05. The van der Waals surface area contributed by atoms with Gasteiger partial charge >= 0.3 is 6.18 Å². The third-order valence-electron chi connectivity index (χ3n) is 2.65. The second kappa shape index (κ2) is 5.03. The van der Waals surface area contributed by atoms with Crippen LogP contribution >= 0.6 is 0 Å². The topological polar surface area (TPSA) is 29.5 Å². The number of carbonyl (C=O) groups is 1. The summed E-state index contributed by atoms with van der Waals surface area (Å²) in [4.78, 5) is 12.2. The molecule has 0 saturated carbocycles. The monoisotopic (exact) mass is 239 g/mol. The van der Waals surface area contributed by atoms with Gasteiger partial charge in [-0.1, -0.05) is 6.92 Å². The van der Waals surface area contributed by atoms with E-state index >= 15 is 0 Å². The molecular weight excluding hydrogens is 223 g/mol. The first kappa shape index (κ1) is 13.3. The van der Waals surface area contributed by atoms with E-state index in [-0.39, 0.29) is 19.8 Å². The van der Waals surface area contributed by atoms with Gasteiger partial charge in [-0.25, -0.2) is 0 Å². The molecule has 1 atom stereocenters. The molecule has 1 fully saturated rings. The van der Waals surface area contributed by atoms with Crippen molar-refractivity contribution < 1.29 is 22.7 Å². The maximum Gasteiger partial charge on any atom is 0.409 e. The standard InChI is InChI=1S/C10H16F3NO2/c1-3-4-14(7(2)15)9(10(11,12)13)8-5-16-6-8/h8-9H,3-6H2,1-2H3. The van der Waals surface area contributed by atoms with E-state index < -0.39 is 24.0 Å². The second-order valence-corrected chi connectivity index (χ2v) is 4.00. The Balaban J connectivity index is 2.83. The van der Waals surface area contributed by atoms with Crippen LogP contribution in [-0.4, -0.2) is 42.8 Å². The number of carbonyl (C=O) groups excluding carboxylic acids is 1. The highest BCUT2D eigenvalue weighted by atomic mass is 19.4. The van der Waals surface area contributed by atoms with Gasteiger partial charge in [0.05, 0.1) is 13.2 Å². The Labute approximate surface area is 92.5 Å². The van der Waals surface area contributed by atoms with Crippen LogP contribution in [0.3, 0.4) is 0 Å². The molecule has 1 aliphatic rings. The zero-order valence-corrected chi connectivity index (χ0v) is 9.38. The minimum Gasteiger partial charge on any atom is -0.381 e. The van der Waals surface area contributed by atoms with E-state index in [2.05, 4.69) is 0 Å². The summed E-state index contributed by atoms with van der Waals surface area (Å²) >= 11 is 0. The summed E-state index contributed by atoms with van der Waals surface area (Å²) in [6, 6.07) is -1.70. The maximum atomic E-state index is 12.9. The van der Waals surface area contributed by atoms with Crippen molar-refractivity contribution in [2.75, 3.05) is 19.8 Å². The van der Waals surface area contributed by atoms with Crippen LogP contribution in [0.25, 0.3) is 0 Å². The van der Waals surface area contributed by atoms with E-state index in [1.165, 1.54) is 6.92 Å². The van der Waals surface area contributed by atoms with E-state index in [1.54, 1.807) is 6.92 Å². The van der Waals surface area contributed by atoms with Crippen LogP contribution < -0.4 is 0 Å². The number of rotatable bonds is 4. The van der Waals surface area contributed by atoms with Crippen molar-refractivity contribution in [2.45, 2.75) is 32.5 Å². The van der Waals surface area contributed by atoms with Crippen LogP contribution in [0.1, 0.15) is 20.3 Å². The Hall–Kier alpha value is -0.780. The van der Waals surface area contributed by atoms with Gasteiger partial charge in [-0.3, -0.25) is 4.79 Å². The smallest absolute Gasteiger partial charge is 0.381 e. The Bertz CT molecular complexity index is 251. The Morgan fingerprint density at radius 1 is 1.50 bits per heavy atom. The van der Waals surface area contributed by atoms with E-state index in [1.807, 2.05) is 0 Å². The van der Waals surface area contributed by atoms with Crippen molar-refractivity contribution in [1.82, 2.24) is 4.90 Å².